The van der Waals surface area contributed by atoms with Crippen LogP contribution >= 0.6 is 0 Å². The minimum atomic E-state index is 0.115. The summed E-state index contributed by atoms with van der Waals surface area (Å²) in [4.78, 5) is 21.3. The largest absolute Gasteiger partial charge is 0.352 e. The predicted octanol–water partition coefficient (Wildman–Crippen LogP) is 3.15. The van der Waals surface area contributed by atoms with Crippen molar-refractivity contribution < 1.29 is 4.79 Å². The Hall–Kier alpha value is -3.74. The van der Waals surface area contributed by atoms with Gasteiger partial charge in [-0.2, -0.15) is 0 Å². The summed E-state index contributed by atoms with van der Waals surface area (Å²) >= 11 is 0. The molecule has 0 bridgehead atoms. The molecule has 7 nitrogen and oxygen atoms in total. The molecule has 0 N–H and O–H groups in total. The molecule has 5 rings (SSSR count). The summed E-state index contributed by atoms with van der Waals surface area (Å²) in [7, 11) is 0. The van der Waals surface area contributed by atoms with E-state index in [4.69, 9.17) is 0 Å². The normalized spacial score (nSPS) is 14.2. The van der Waals surface area contributed by atoms with Crippen LogP contribution in [-0.4, -0.2) is 56.7 Å². The number of para-hydroxylation sites is 2. The highest BCUT2D eigenvalue weighted by Crippen LogP contribution is 2.22. The second-order valence-corrected chi connectivity index (χ2v) is 7.82. The van der Waals surface area contributed by atoms with Gasteiger partial charge < -0.3 is 14.4 Å². The molecule has 0 aliphatic carbocycles. The quantitative estimate of drug-likeness (QED) is 0.515. The van der Waals surface area contributed by atoms with Crippen LogP contribution in [0, 0.1) is 6.92 Å². The van der Waals surface area contributed by atoms with Crippen LogP contribution in [-0.2, 0) is 11.3 Å². The van der Waals surface area contributed by atoms with Crippen molar-refractivity contribution in [3.63, 3.8) is 0 Å². The molecule has 0 unspecified atom stereocenters. The second-order valence-electron chi connectivity index (χ2n) is 7.82. The van der Waals surface area contributed by atoms with Crippen LogP contribution in [0.25, 0.3) is 22.3 Å². The number of amides is 1. The van der Waals surface area contributed by atoms with Crippen molar-refractivity contribution in [3.05, 3.63) is 72.6 Å². The predicted molar refractivity (Wildman–Crippen MR) is 121 cm³/mol. The number of hydrogen-bond donors (Lipinski definition) is 0. The Labute approximate surface area is 181 Å². The van der Waals surface area contributed by atoms with Crippen molar-refractivity contribution in [1.82, 2.24) is 24.6 Å². The summed E-state index contributed by atoms with van der Waals surface area (Å²) < 4.78 is 1.92. The Morgan fingerprint density at radius 1 is 0.903 bits per heavy atom. The lowest BCUT2D eigenvalue weighted by Crippen LogP contribution is -2.49. The second kappa shape index (κ2) is 8.18. The van der Waals surface area contributed by atoms with Crippen molar-refractivity contribution >= 4 is 22.8 Å². The van der Waals surface area contributed by atoms with E-state index in [2.05, 4.69) is 39.1 Å². The number of imidazole rings is 1. The first kappa shape index (κ1) is 19.2. The Kier molecular flexibility index (Phi) is 5.08. The van der Waals surface area contributed by atoms with Gasteiger partial charge in [0.15, 0.2) is 5.82 Å². The SMILES string of the molecule is Cc1ccccc1-c1ccc(N2CCN(C(=O)Cn3cnc4ccccc43)CC2)nn1. The number of nitrogens with zero attached hydrogens (tertiary/aromatic N) is 6. The molecule has 156 valence electrons. The zero-order chi connectivity index (χ0) is 21.2. The summed E-state index contributed by atoms with van der Waals surface area (Å²) in [6.45, 7) is 5.22. The van der Waals surface area contributed by atoms with Gasteiger partial charge >= 0.3 is 0 Å². The molecule has 3 heterocycles. The fourth-order valence-corrected chi connectivity index (χ4v) is 4.06. The van der Waals surface area contributed by atoms with Gasteiger partial charge in [-0.15, -0.1) is 10.2 Å². The van der Waals surface area contributed by atoms with Crippen molar-refractivity contribution in [2.45, 2.75) is 13.5 Å². The van der Waals surface area contributed by atoms with E-state index >= 15 is 0 Å². The molecular weight excluding hydrogens is 388 g/mol. The minimum Gasteiger partial charge on any atom is -0.352 e. The standard InChI is InChI=1S/C24H24N6O/c1-18-6-2-3-7-19(18)20-10-11-23(27-26-20)28-12-14-29(15-13-28)24(31)16-30-17-25-21-8-4-5-9-22(21)30/h2-11,17H,12-16H2,1H3. The Morgan fingerprint density at radius 2 is 1.68 bits per heavy atom. The molecule has 31 heavy (non-hydrogen) atoms. The Bertz CT molecular complexity index is 1210. The fourth-order valence-electron chi connectivity index (χ4n) is 4.06. The van der Waals surface area contributed by atoms with E-state index in [9.17, 15) is 4.79 Å². The molecule has 2 aromatic carbocycles. The smallest absolute Gasteiger partial charge is 0.242 e. The van der Waals surface area contributed by atoms with Crippen LogP contribution in [0.4, 0.5) is 5.82 Å². The Morgan fingerprint density at radius 3 is 2.45 bits per heavy atom. The topological polar surface area (TPSA) is 67.2 Å². The maximum absolute atomic E-state index is 12.8. The summed E-state index contributed by atoms with van der Waals surface area (Å²) in [5.41, 5.74) is 5.06. The van der Waals surface area contributed by atoms with E-state index in [1.807, 2.05) is 58.0 Å². The van der Waals surface area contributed by atoms with Crippen LogP contribution in [0.1, 0.15) is 5.56 Å². The average Bonchev–Trinajstić information content (AvgIpc) is 3.22. The third kappa shape index (κ3) is 3.86. The number of carbonyl (C=O) groups excluding carboxylic acids is 1. The fraction of sp³-hybridized carbons (Fsp3) is 0.250. The number of anilines is 1. The van der Waals surface area contributed by atoms with E-state index in [0.29, 0.717) is 19.6 Å². The van der Waals surface area contributed by atoms with E-state index in [0.717, 1.165) is 41.2 Å². The maximum Gasteiger partial charge on any atom is 0.242 e. The van der Waals surface area contributed by atoms with Gasteiger partial charge in [-0.25, -0.2) is 4.98 Å². The summed E-state index contributed by atoms with van der Waals surface area (Å²) in [5.74, 6) is 0.967. The number of aromatic nitrogens is 4. The first-order chi connectivity index (χ1) is 15.2. The zero-order valence-electron chi connectivity index (χ0n) is 17.5. The van der Waals surface area contributed by atoms with Crippen molar-refractivity contribution in [1.29, 1.82) is 0 Å². The van der Waals surface area contributed by atoms with Crippen LogP contribution < -0.4 is 4.90 Å². The van der Waals surface area contributed by atoms with Gasteiger partial charge in [-0.1, -0.05) is 36.4 Å². The van der Waals surface area contributed by atoms with Crippen LogP contribution in [0.3, 0.4) is 0 Å². The number of piperazine rings is 1. The van der Waals surface area contributed by atoms with Crippen molar-refractivity contribution in [2.24, 2.45) is 0 Å². The van der Waals surface area contributed by atoms with Gasteiger partial charge in [0.05, 0.1) is 23.1 Å². The highest BCUT2D eigenvalue weighted by Gasteiger charge is 2.22. The molecular formula is C24H24N6O. The third-order valence-electron chi connectivity index (χ3n) is 5.86. The number of benzene rings is 2. The van der Waals surface area contributed by atoms with Gasteiger partial charge in [-0.05, 0) is 36.8 Å². The maximum atomic E-state index is 12.8. The zero-order valence-corrected chi connectivity index (χ0v) is 17.5. The Balaban J connectivity index is 1.21. The summed E-state index contributed by atoms with van der Waals surface area (Å²) in [5, 5.41) is 8.88. The highest BCUT2D eigenvalue weighted by atomic mass is 16.2. The van der Waals surface area contributed by atoms with Crippen LogP contribution in [0.5, 0.6) is 0 Å². The summed E-state index contributed by atoms with van der Waals surface area (Å²) in [6.07, 6.45) is 1.74. The first-order valence-corrected chi connectivity index (χ1v) is 10.5. The van der Waals surface area contributed by atoms with Gasteiger partial charge in [0.1, 0.15) is 6.54 Å². The molecule has 0 saturated carbocycles. The lowest BCUT2D eigenvalue weighted by atomic mass is 10.1. The van der Waals surface area contributed by atoms with Crippen molar-refractivity contribution in [3.8, 4) is 11.3 Å². The molecule has 1 aliphatic rings. The molecule has 1 aliphatic heterocycles. The molecule has 4 aromatic rings. The van der Waals surface area contributed by atoms with Gasteiger partial charge in [0.2, 0.25) is 5.91 Å². The molecule has 1 saturated heterocycles. The van der Waals surface area contributed by atoms with Crippen LogP contribution in [0.15, 0.2) is 67.0 Å². The number of fused-ring (bicyclic) bond motifs is 1. The number of carbonyl (C=O) groups is 1. The molecule has 2 aromatic heterocycles. The van der Waals surface area contributed by atoms with E-state index in [-0.39, 0.29) is 5.91 Å². The lowest BCUT2D eigenvalue weighted by Gasteiger charge is -2.35. The van der Waals surface area contributed by atoms with E-state index < -0.39 is 0 Å². The highest BCUT2D eigenvalue weighted by molar-refractivity contribution is 5.80. The number of aryl methyl sites for hydroxylation is 1. The number of hydrogen-bond acceptors (Lipinski definition) is 5. The molecule has 0 atom stereocenters. The van der Waals surface area contributed by atoms with Gasteiger partial charge in [-0.3, -0.25) is 4.79 Å². The molecule has 1 amide bonds. The number of rotatable bonds is 4. The monoisotopic (exact) mass is 412 g/mol. The molecule has 7 heteroatoms. The summed E-state index contributed by atoms with van der Waals surface area (Å²) in [6, 6.07) is 20.1. The van der Waals surface area contributed by atoms with Gasteiger partial charge in [0, 0.05) is 31.7 Å². The first-order valence-electron chi connectivity index (χ1n) is 10.5. The van der Waals surface area contributed by atoms with Crippen LogP contribution in [0.2, 0.25) is 0 Å². The van der Waals surface area contributed by atoms with E-state index in [1.165, 1.54) is 5.56 Å². The molecule has 1 fully saturated rings. The average molecular weight is 412 g/mol. The minimum absolute atomic E-state index is 0.115. The third-order valence-corrected chi connectivity index (χ3v) is 5.86. The van der Waals surface area contributed by atoms with Crippen molar-refractivity contribution in [2.75, 3.05) is 31.1 Å². The molecule has 0 radical (unpaired) electrons. The lowest BCUT2D eigenvalue weighted by molar-refractivity contribution is -0.132. The molecule has 0 spiro atoms. The van der Waals surface area contributed by atoms with E-state index in [1.54, 1.807) is 6.33 Å². The van der Waals surface area contributed by atoms with Gasteiger partial charge in [0.25, 0.3) is 0 Å².